The summed E-state index contributed by atoms with van der Waals surface area (Å²) in [6, 6.07) is 5.56. The largest absolute Gasteiger partial charge is 0.372 e. The van der Waals surface area contributed by atoms with E-state index in [4.69, 9.17) is 4.74 Å². The maximum atomic E-state index is 13.2. The molecule has 7 heteroatoms. The van der Waals surface area contributed by atoms with Crippen LogP contribution in [-0.2, 0) is 22.7 Å². The quantitative estimate of drug-likeness (QED) is 0.730. The molecule has 0 saturated carbocycles. The molecule has 1 aromatic rings. The van der Waals surface area contributed by atoms with Crippen LogP contribution < -0.4 is 0 Å². The summed E-state index contributed by atoms with van der Waals surface area (Å²) >= 11 is 0. The third-order valence-electron chi connectivity index (χ3n) is 6.37. The van der Waals surface area contributed by atoms with Crippen molar-refractivity contribution in [2.45, 2.75) is 52.4 Å². The Morgan fingerprint density at radius 1 is 1.17 bits per heavy atom. The van der Waals surface area contributed by atoms with Crippen molar-refractivity contribution >= 4 is 17.8 Å². The van der Waals surface area contributed by atoms with E-state index in [0.29, 0.717) is 57.8 Å². The third-order valence-corrected chi connectivity index (χ3v) is 6.37. The lowest BCUT2D eigenvalue weighted by molar-refractivity contribution is -0.135. The molecule has 0 unspecified atom stereocenters. The highest BCUT2D eigenvalue weighted by Crippen LogP contribution is 2.38. The Kier molecular flexibility index (Phi) is 5.11. The summed E-state index contributed by atoms with van der Waals surface area (Å²) in [6.07, 6.45) is 0.968. The fourth-order valence-electron chi connectivity index (χ4n) is 4.82. The second kappa shape index (κ2) is 7.44. The first kappa shape index (κ1) is 19.9. The summed E-state index contributed by atoms with van der Waals surface area (Å²) < 4.78 is 5.51. The average Bonchev–Trinajstić information content (AvgIpc) is 3.26. The number of likely N-dealkylation sites (tertiary alicyclic amines) is 1. The summed E-state index contributed by atoms with van der Waals surface area (Å²) in [6.45, 7) is 8.82. The van der Waals surface area contributed by atoms with Gasteiger partial charge in [0.05, 0.1) is 13.2 Å². The molecule has 3 aliphatic heterocycles. The number of urea groups is 1. The molecule has 0 aromatic heterocycles. The minimum Gasteiger partial charge on any atom is -0.372 e. The van der Waals surface area contributed by atoms with E-state index in [1.54, 1.807) is 4.90 Å². The molecule has 1 spiro atoms. The highest BCUT2D eigenvalue weighted by atomic mass is 16.5. The van der Waals surface area contributed by atoms with Gasteiger partial charge in [-0.05, 0) is 42.9 Å². The minimum atomic E-state index is -0.810. The first-order valence-electron chi connectivity index (χ1n) is 10.5. The van der Waals surface area contributed by atoms with Crippen molar-refractivity contribution in [3.05, 3.63) is 34.9 Å². The number of carbonyl (C=O) groups excluding carboxylic acids is 3. The van der Waals surface area contributed by atoms with Crippen LogP contribution in [0, 0.1) is 5.92 Å². The van der Waals surface area contributed by atoms with Gasteiger partial charge in [0.25, 0.3) is 11.8 Å². The first-order valence-corrected chi connectivity index (χ1v) is 10.5. The van der Waals surface area contributed by atoms with E-state index >= 15 is 0 Å². The van der Waals surface area contributed by atoms with Gasteiger partial charge >= 0.3 is 6.03 Å². The SMILES string of the molecule is CCN1C(=O)N(CC(C)C)C2(CCN(C(=O)c3cccc4c3COC4)CC2)C1=O. The summed E-state index contributed by atoms with van der Waals surface area (Å²) in [5.74, 6) is 0.153. The van der Waals surface area contributed by atoms with Crippen molar-refractivity contribution in [2.75, 3.05) is 26.2 Å². The molecular weight excluding hydrogens is 370 g/mol. The molecule has 29 heavy (non-hydrogen) atoms. The van der Waals surface area contributed by atoms with Crippen LogP contribution >= 0.6 is 0 Å². The van der Waals surface area contributed by atoms with Crippen LogP contribution in [0.2, 0.25) is 0 Å². The lowest BCUT2D eigenvalue weighted by atomic mass is 9.85. The van der Waals surface area contributed by atoms with E-state index in [9.17, 15) is 14.4 Å². The van der Waals surface area contributed by atoms with Crippen LogP contribution in [0.3, 0.4) is 0 Å². The topological polar surface area (TPSA) is 70.2 Å². The van der Waals surface area contributed by atoms with Gasteiger partial charge < -0.3 is 14.5 Å². The molecule has 0 bridgehead atoms. The molecule has 0 aliphatic carbocycles. The number of likely N-dealkylation sites (N-methyl/N-ethyl adjacent to an activating group) is 1. The Bertz CT molecular complexity index is 842. The van der Waals surface area contributed by atoms with Crippen LogP contribution in [0.1, 0.15) is 55.1 Å². The summed E-state index contributed by atoms with van der Waals surface area (Å²) in [5.41, 5.74) is 1.93. The van der Waals surface area contributed by atoms with E-state index in [-0.39, 0.29) is 23.8 Å². The fraction of sp³-hybridized carbons (Fsp3) is 0.591. The average molecular weight is 399 g/mol. The maximum absolute atomic E-state index is 13.2. The van der Waals surface area contributed by atoms with Crippen molar-refractivity contribution in [2.24, 2.45) is 5.92 Å². The molecular formula is C22H29N3O4. The van der Waals surface area contributed by atoms with Gasteiger partial charge in [0.2, 0.25) is 0 Å². The van der Waals surface area contributed by atoms with Gasteiger partial charge in [-0.3, -0.25) is 14.5 Å². The molecule has 156 valence electrons. The monoisotopic (exact) mass is 399 g/mol. The van der Waals surface area contributed by atoms with Crippen LogP contribution in [0.4, 0.5) is 4.79 Å². The molecule has 0 radical (unpaired) electrons. The smallest absolute Gasteiger partial charge is 0.327 e. The standard InChI is InChI=1S/C22H29N3O4/c1-4-24-20(27)22(25(21(24)28)12-15(2)3)8-10-23(11-9-22)19(26)17-7-5-6-16-13-29-14-18(16)17/h5-7,15H,4,8-14H2,1-3H3. The number of amides is 4. The Labute approximate surface area is 171 Å². The molecule has 3 aliphatic rings. The zero-order valence-corrected chi connectivity index (χ0v) is 17.4. The van der Waals surface area contributed by atoms with Gasteiger partial charge in [0, 0.05) is 31.7 Å². The van der Waals surface area contributed by atoms with Crippen molar-refractivity contribution in [3.8, 4) is 0 Å². The van der Waals surface area contributed by atoms with Gasteiger partial charge in [0.1, 0.15) is 5.54 Å². The number of benzene rings is 1. The summed E-state index contributed by atoms with van der Waals surface area (Å²) in [5, 5.41) is 0. The molecule has 7 nitrogen and oxygen atoms in total. The second-order valence-corrected chi connectivity index (χ2v) is 8.60. The number of hydrogen-bond donors (Lipinski definition) is 0. The predicted molar refractivity (Wildman–Crippen MR) is 107 cm³/mol. The zero-order valence-electron chi connectivity index (χ0n) is 17.4. The van der Waals surface area contributed by atoms with Gasteiger partial charge in [-0.1, -0.05) is 26.0 Å². The number of piperidine rings is 1. The lowest BCUT2D eigenvalue weighted by Gasteiger charge is -2.42. The van der Waals surface area contributed by atoms with Gasteiger partial charge in [-0.25, -0.2) is 4.79 Å². The van der Waals surface area contributed by atoms with Crippen LogP contribution in [-0.4, -0.2) is 64.3 Å². The summed E-state index contributed by atoms with van der Waals surface area (Å²) in [7, 11) is 0. The highest BCUT2D eigenvalue weighted by Gasteiger charge is 2.57. The van der Waals surface area contributed by atoms with E-state index in [0.717, 1.165) is 11.1 Å². The number of hydrogen-bond acceptors (Lipinski definition) is 4. The number of rotatable bonds is 4. The Hall–Kier alpha value is -2.41. The first-order chi connectivity index (χ1) is 13.9. The fourth-order valence-corrected chi connectivity index (χ4v) is 4.82. The van der Waals surface area contributed by atoms with E-state index in [2.05, 4.69) is 13.8 Å². The van der Waals surface area contributed by atoms with Crippen LogP contribution in [0.15, 0.2) is 18.2 Å². The second-order valence-electron chi connectivity index (χ2n) is 8.60. The van der Waals surface area contributed by atoms with E-state index in [1.807, 2.05) is 30.0 Å². The highest BCUT2D eigenvalue weighted by molar-refractivity contribution is 6.07. The molecule has 4 amide bonds. The van der Waals surface area contributed by atoms with Crippen LogP contribution in [0.5, 0.6) is 0 Å². The van der Waals surface area contributed by atoms with Crippen LogP contribution in [0.25, 0.3) is 0 Å². The number of ether oxygens (including phenoxy) is 1. The summed E-state index contributed by atoms with van der Waals surface area (Å²) in [4.78, 5) is 44.1. The van der Waals surface area contributed by atoms with Gasteiger partial charge in [-0.2, -0.15) is 0 Å². The van der Waals surface area contributed by atoms with Crippen molar-refractivity contribution in [1.29, 1.82) is 0 Å². The van der Waals surface area contributed by atoms with Gasteiger partial charge in [-0.15, -0.1) is 0 Å². The molecule has 4 rings (SSSR count). The molecule has 3 heterocycles. The third kappa shape index (κ3) is 3.12. The number of nitrogens with zero attached hydrogens (tertiary/aromatic N) is 3. The lowest BCUT2D eigenvalue weighted by Crippen LogP contribution is -2.58. The maximum Gasteiger partial charge on any atom is 0.327 e. The normalized spacial score (nSPS) is 20.9. The van der Waals surface area contributed by atoms with Gasteiger partial charge in [0.15, 0.2) is 0 Å². The molecule has 0 N–H and O–H groups in total. The zero-order chi connectivity index (χ0) is 20.8. The Morgan fingerprint density at radius 2 is 1.90 bits per heavy atom. The van der Waals surface area contributed by atoms with Crippen molar-refractivity contribution in [1.82, 2.24) is 14.7 Å². The predicted octanol–water partition coefficient (Wildman–Crippen LogP) is 2.63. The minimum absolute atomic E-state index is 0.0123. The van der Waals surface area contributed by atoms with E-state index in [1.165, 1.54) is 4.90 Å². The molecule has 2 fully saturated rings. The van der Waals surface area contributed by atoms with Crippen molar-refractivity contribution in [3.63, 3.8) is 0 Å². The number of carbonyl (C=O) groups is 3. The number of imide groups is 1. The number of fused-ring (bicyclic) bond motifs is 1. The molecule has 0 atom stereocenters. The van der Waals surface area contributed by atoms with Crippen molar-refractivity contribution < 1.29 is 19.1 Å². The molecule has 2 saturated heterocycles. The Balaban J connectivity index is 1.55. The Morgan fingerprint density at radius 3 is 2.55 bits per heavy atom. The van der Waals surface area contributed by atoms with E-state index < -0.39 is 5.54 Å². The molecule has 1 aromatic carbocycles.